The Hall–Kier alpha value is -0.0400. The summed E-state index contributed by atoms with van der Waals surface area (Å²) in [6.07, 6.45) is 29.4. The molecule has 0 heterocycles. The maximum atomic E-state index is 9.20. The molecule has 0 aliphatic carbocycles. The van der Waals surface area contributed by atoms with Gasteiger partial charge in [-0.3, -0.25) is 0 Å². The number of aliphatic hydroxyl groups is 1. The van der Waals surface area contributed by atoms with Crippen LogP contribution in [0.3, 0.4) is 0 Å². The topological polar surface area (TPSA) is 20.2 Å². The first-order valence-electron chi connectivity index (χ1n) is 12.0. The molecule has 0 fully saturated rings. The van der Waals surface area contributed by atoms with E-state index in [4.69, 9.17) is 0 Å². The number of hydrogen-bond acceptors (Lipinski definition) is 1. The fraction of sp³-hybridized carbons (Fsp3) is 1.00. The highest BCUT2D eigenvalue weighted by atomic mass is 16.3. The lowest BCUT2D eigenvalue weighted by atomic mass is 10.0. The van der Waals surface area contributed by atoms with Gasteiger partial charge in [0.15, 0.2) is 0 Å². The second-order valence-corrected chi connectivity index (χ2v) is 8.36. The molecule has 0 aliphatic heterocycles. The van der Waals surface area contributed by atoms with Crippen LogP contribution in [-0.4, -0.2) is 11.2 Å². The standard InChI is InChI=1S/C24H50O/c1-3-4-5-6-7-8-9-10-11-12-13-14-15-16-17-18-19-20-21-22-23-24(2)25/h24-25H,3-23H2,1-2H3/t24-/m1/s1. The van der Waals surface area contributed by atoms with Crippen LogP contribution >= 0.6 is 0 Å². The van der Waals surface area contributed by atoms with Gasteiger partial charge in [0, 0.05) is 0 Å². The predicted molar refractivity (Wildman–Crippen MR) is 114 cm³/mol. The first-order chi connectivity index (χ1) is 12.3. The normalized spacial score (nSPS) is 12.6. The SMILES string of the molecule is CCCCCCCCCCCCCCCCCCCCCC[C@@H](C)O. The van der Waals surface area contributed by atoms with Crippen LogP contribution < -0.4 is 0 Å². The molecule has 0 radical (unpaired) electrons. The van der Waals surface area contributed by atoms with Crippen LogP contribution in [0.25, 0.3) is 0 Å². The maximum Gasteiger partial charge on any atom is 0.0512 e. The first-order valence-corrected chi connectivity index (χ1v) is 12.0. The zero-order chi connectivity index (χ0) is 18.4. The Kier molecular flexibility index (Phi) is 22.0. The van der Waals surface area contributed by atoms with Crippen molar-refractivity contribution in [3.63, 3.8) is 0 Å². The number of aliphatic hydroxyl groups excluding tert-OH is 1. The third kappa shape index (κ3) is 24.0. The first kappa shape index (κ1) is 25.0. The molecular weight excluding hydrogens is 304 g/mol. The molecule has 0 aromatic heterocycles. The third-order valence-electron chi connectivity index (χ3n) is 5.48. The second-order valence-electron chi connectivity index (χ2n) is 8.36. The fourth-order valence-corrected chi connectivity index (χ4v) is 3.69. The Balaban J connectivity index is 2.96. The van der Waals surface area contributed by atoms with Gasteiger partial charge in [-0.15, -0.1) is 0 Å². The van der Waals surface area contributed by atoms with Crippen LogP contribution in [0.5, 0.6) is 0 Å². The molecule has 0 unspecified atom stereocenters. The Morgan fingerprint density at radius 1 is 0.440 bits per heavy atom. The minimum atomic E-state index is -0.101. The zero-order valence-electron chi connectivity index (χ0n) is 17.9. The van der Waals surface area contributed by atoms with Gasteiger partial charge in [0.05, 0.1) is 6.10 Å². The van der Waals surface area contributed by atoms with Crippen LogP contribution in [0.4, 0.5) is 0 Å². The van der Waals surface area contributed by atoms with Crippen molar-refractivity contribution < 1.29 is 5.11 Å². The van der Waals surface area contributed by atoms with Crippen molar-refractivity contribution in [2.45, 2.75) is 155 Å². The van der Waals surface area contributed by atoms with E-state index >= 15 is 0 Å². The molecule has 1 nitrogen and oxygen atoms in total. The van der Waals surface area contributed by atoms with Crippen molar-refractivity contribution in [1.29, 1.82) is 0 Å². The summed E-state index contributed by atoms with van der Waals surface area (Å²) >= 11 is 0. The van der Waals surface area contributed by atoms with E-state index in [0.717, 1.165) is 6.42 Å². The molecule has 1 N–H and O–H groups in total. The van der Waals surface area contributed by atoms with E-state index in [1.165, 1.54) is 128 Å². The summed E-state index contributed by atoms with van der Waals surface area (Å²) < 4.78 is 0. The van der Waals surface area contributed by atoms with Gasteiger partial charge in [-0.05, 0) is 13.3 Å². The summed E-state index contributed by atoms with van der Waals surface area (Å²) in [4.78, 5) is 0. The van der Waals surface area contributed by atoms with E-state index in [9.17, 15) is 5.11 Å². The van der Waals surface area contributed by atoms with Crippen molar-refractivity contribution in [2.24, 2.45) is 0 Å². The van der Waals surface area contributed by atoms with Crippen molar-refractivity contribution in [3.05, 3.63) is 0 Å². The van der Waals surface area contributed by atoms with Gasteiger partial charge in [-0.1, -0.05) is 135 Å². The Bertz CT molecular complexity index is 224. The lowest BCUT2D eigenvalue weighted by Gasteiger charge is -2.05. The van der Waals surface area contributed by atoms with Crippen LogP contribution in [0.15, 0.2) is 0 Å². The molecule has 0 saturated carbocycles. The van der Waals surface area contributed by atoms with Crippen LogP contribution in [-0.2, 0) is 0 Å². The van der Waals surface area contributed by atoms with Crippen LogP contribution in [0, 0.1) is 0 Å². The maximum absolute atomic E-state index is 9.20. The summed E-state index contributed by atoms with van der Waals surface area (Å²) in [6, 6.07) is 0. The summed E-state index contributed by atoms with van der Waals surface area (Å²) in [7, 11) is 0. The van der Waals surface area contributed by atoms with E-state index in [2.05, 4.69) is 6.92 Å². The van der Waals surface area contributed by atoms with Crippen molar-refractivity contribution >= 4 is 0 Å². The minimum Gasteiger partial charge on any atom is -0.393 e. The van der Waals surface area contributed by atoms with E-state index in [1.54, 1.807) is 0 Å². The smallest absolute Gasteiger partial charge is 0.0512 e. The van der Waals surface area contributed by atoms with Gasteiger partial charge < -0.3 is 5.11 Å². The number of hydrogen-bond donors (Lipinski definition) is 1. The third-order valence-corrected chi connectivity index (χ3v) is 5.48. The van der Waals surface area contributed by atoms with Crippen molar-refractivity contribution in [3.8, 4) is 0 Å². The number of unbranched alkanes of at least 4 members (excludes halogenated alkanes) is 19. The van der Waals surface area contributed by atoms with E-state index < -0.39 is 0 Å². The lowest BCUT2D eigenvalue weighted by Crippen LogP contribution is -1.98. The van der Waals surface area contributed by atoms with Crippen molar-refractivity contribution in [2.75, 3.05) is 0 Å². The van der Waals surface area contributed by atoms with Crippen LogP contribution in [0.2, 0.25) is 0 Å². The monoisotopic (exact) mass is 354 g/mol. The van der Waals surface area contributed by atoms with E-state index in [1.807, 2.05) is 6.92 Å². The molecule has 25 heavy (non-hydrogen) atoms. The summed E-state index contributed by atoms with van der Waals surface area (Å²) in [6.45, 7) is 4.19. The lowest BCUT2D eigenvalue weighted by molar-refractivity contribution is 0.180. The molecular formula is C24H50O. The van der Waals surface area contributed by atoms with Gasteiger partial charge in [-0.2, -0.15) is 0 Å². The molecule has 1 atom stereocenters. The molecule has 0 amide bonds. The van der Waals surface area contributed by atoms with E-state index in [0.29, 0.717) is 0 Å². The van der Waals surface area contributed by atoms with Gasteiger partial charge in [-0.25, -0.2) is 0 Å². The highest BCUT2D eigenvalue weighted by molar-refractivity contribution is 4.52. The molecule has 0 bridgehead atoms. The van der Waals surface area contributed by atoms with E-state index in [-0.39, 0.29) is 6.10 Å². The van der Waals surface area contributed by atoms with Gasteiger partial charge >= 0.3 is 0 Å². The molecule has 0 spiro atoms. The largest absolute Gasteiger partial charge is 0.393 e. The predicted octanol–water partition coefficient (Wildman–Crippen LogP) is 8.58. The molecule has 152 valence electrons. The summed E-state index contributed by atoms with van der Waals surface area (Å²) in [5, 5.41) is 9.20. The second kappa shape index (κ2) is 22.0. The fourth-order valence-electron chi connectivity index (χ4n) is 3.69. The van der Waals surface area contributed by atoms with Gasteiger partial charge in [0.2, 0.25) is 0 Å². The van der Waals surface area contributed by atoms with Crippen LogP contribution in [0.1, 0.15) is 149 Å². The molecule has 0 aromatic carbocycles. The summed E-state index contributed by atoms with van der Waals surface area (Å²) in [5.41, 5.74) is 0. The quantitative estimate of drug-likeness (QED) is 0.205. The van der Waals surface area contributed by atoms with Gasteiger partial charge in [0.25, 0.3) is 0 Å². The molecule has 0 aliphatic rings. The molecule has 0 rings (SSSR count). The minimum absolute atomic E-state index is 0.101. The highest BCUT2D eigenvalue weighted by Gasteiger charge is 1.97. The molecule has 0 saturated heterocycles. The number of rotatable bonds is 21. The Morgan fingerprint density at radius 2 is 0.680 bits per heavy atom. The van der Waals surface area contributed by atoms with Crippen molar-refractivity contribution in [1.82, 2.24) is 0 Å². The Morgan fingerprint density at radius 3 is 0.920 bits per heavy atom. The molecule has 0 aromatic rings. The average molecular weight is 355 g/mol. The average Bonchev–Trinajstić information content (AvgIpc) is 2.60. The van der Waals surface area contributed by atoms with Gasteiger partial charge in [0.1, 0.15) is 0 Å². The zero-order valence-corrected chi connectivity index (χ0v) is 17.9. The molecule has 1 heteroatoms. The highest BCUT2D eigenvalue weighted by Crippen LogP contribution is 2.15. The Labute approximate surface area is 160 Å². The summed E-state index contributed by atoms with van der Waals surface area (Å²) in [5.74, 6) is 0.